The van der Waals surface area contributed by atoms with E-state index < -0.39 is 11.5 Å². The molecule has 0 aliphatic heterocycles. The van der Waals surface area contributed by atoms with Crippen molar-refractivity contribution in [3.05, 3.63) is 5.76 Å². The third kappa shape index (κ3) is 1.73. The Kier molecular flexibility index (Phi) is 1.82. The zero-order chi connectivity index (χ0) is 5.86. The van der Waals surface area contributed by atoms with Gasteiger partial charge in [-0.05, 0) is 0 Å². The zero-order valence-corrected chi connectivity index (χ0v) is 3.76. The van der Waals surface area contributed by atoms with Crippen LogP contribution in [0.1, 0.15) is 6.92 Å². The third-order valence-corrected chi connectivity index (χ3v) is 0.430. The molecule has 0 bridgehead atoms. The standard InChI is InChI=1S/C4H4O3/c1-3(6)4(7)2-5/h7H,1H3. The normalized spacial score (nSPS) is 7.00. The van der Waals surface area contributed by atoms with E-state index in [9.17, 15) is 9.59 Å². The second-order valence-electron chi connectivity index (χ2n) is 1.01. The Labute approximate surface area is 40.3 Å². The van der Waals surface area contributed by atoms with E-state index in [0.29, 0.717) is 0 Å². The van der Waals surface area contributed by atoms with Gasteiger partial charge in [0, 0.05) is 6.92 Å². The number of allylic oxidation sites excluding steroid dienone is 1. The van der Waals surface area contributed by atoms with E-state index >= 15 is 0 Å². The molecular weight excluding hydrogens is 96.0 g/mol. The summed E-state index contributed by atoms with van der Waals surface area (Å²) in [7, 11) is 0. The number of carbonyl (C=O) groups is 1. The summed E-state index contributed by atoms with van der Waals surface area (Å²) in [6, 6.07) is 0. The van der Waals surface area contributed by atoms with Crippen LogP contribution in [-0.4, -0.2) is 16.8 Å². The number of aliphatic hydroxyl groups excluding tert-OH is 1. The highest BCUT2D eigenvalue weighted by Gasteiger charge is 1.96. The van der Waals surface area contributed by atoms with Crippen LogP contribution in [0.4, 0.5) is 0 Å². The van der Waals surface area contributed by atoms with E-state index in [1.54, 1.807) is 0 Å². The van der Waals surface area contributed by atoms with Crippen molar-refractivity contribution in [3.8, 4) is 0 Å². The summed E-state index contributed by atoms with van der Waals surface area (Å²) in [6.45, 7) is 1.08. The molecule has 3 heteroatoms. The maximum absolute atomic E-state index is 9.83. The molecule has 3 nitrogen and oxygen atoms in total. The summed E-state index contributed by atoms with van der Waals surface area (Å²) in [5, 5.41) is 8.08. The van der Waals surface area contributed by atoms with E-state index in [4.69, 9.17) is 5.11 Å². The highest BCUT2D eigenvalue weighted by atomic mass is 16.3. The summed E-state index contributed by atoms with van der Waals surface area (Å²) in [4.78, 5) is 19.1. The van der Waals surface area contributed by atoms with Crippen molar-refractivity contribution in [1.29, 1.82) is 0 Å². The largest absolute Gasteiger partial charge is 0.496 e. The Morgan fingerprint density at radius 1 is 1.71 bits per heavy atom. The minimum Gasteiger partial charge on any atom is -0.496 e. The Morgan fingerprint density at radius 2 is 2.14 bits per heavy atom. The number of aliphatic hydroxyl groups is 1. The maximum Gasteiger partial charge on any atom is 0.244 e. The molecule has 1 N–H and O–H groups in total. The quantitative estimate of drug-likeness (QED) is 0.283. The molecule has 7 heavy (non-hydrogen) atoms. The van der Waals surface area contributed by atoms with Gasteiger partial charge in [0.2, 0.25) is 11.5 Å². The van der Waals surface area contributed by atoms with E-state index in [-0.39, 0.29) is 0 Å². The molecule has 38 valence electrons. The van der Waals surface area contributed by atoms with Crippen molar-refractivity contribution in [2.75, 3.05) is 0 Å². The number of hydrogen-bond donors (Lipinski definition) is 1. The molecule has 0 aromatic carbocycles. The number of ketones is 1. The Morgan fingerprint density at radius 3 is 2.14 bits per heavy atom. The van der Waals surface area contributed by atoms with E-state index in [2.05, 4.69) is 0 Å². The number of carbonyl (C=O) groups excluding carboxylic acids is 2. The molecule has 0 atom stereocenters. The molecule has 0 aliphatic carbocycles. The molecule has 0 radical (unpaired) electrons. The predicted octanol–water partition coefficient (Wildman–Crippen LogP) is -0.151. The van der Waals surface area contributed by atoms with Crippen LogP contribution in [0.3, 0.4) is 0 Å². The molecule has 0 rings (SSSR count). The molecule has 0 spiro atoms. The van der Waals surface area contributed by atoms with E-state index in [1.807, 2.05) is 0 Å². The van der Waals surface area contributed by atoms with E-state index in [0.717, 1.165) is 12.9 Å². The van der Waals surface area contributed by atoms with Gasteiger partial charge >= 0.3 is 0 Å². The molecule has 0 heterocycles. The molecule has 0 unspecified atom stereocenters. The Bertz CT molecular complexity index is 130. The van der Waals surface area contributed by atoms with Crippen LogP contribution in [0.2, 0.25) is 0 Å². The van der Waals surface area contributed by atoms with Crippen LogP contribution in [0.25, 0.3) is 0 Å². The molecule has 0 amide bonds. The first-order valence-electron chi connectivity index (χ1n) is 1.63. The molecule has 0 saturated carbocycles. The van der Waals surface area contributed by atoms with Gasteiger partial charge in [-0.2, -0.15) is 0 Å². The van der Waals surface area contributed by atoms with Gasteiger partial charge in [0.1, 0.15) is 0 Å². The van der Waals surface area contributed by atoms with Crippen molar-refractivity contribution in [3.63, 3.8) is 0 Å². The van der Waals surface area contributed by atoms with Gasteiger partial charge in [-0.1, -0.05) is 0 Å². The van der Waals surface area contributed by atoms with Gasteiger partial charge in [0.15, 0.2) is 5.94 Å². The van der Waals surface area contributed by atoms with E-state index in [1.165, 1.54) is 0 Å². The molecule has 0 aliphatic rings. The molecule has 0 aromatic heterocycles. The van der Waals surface area contributed by atoms with Crippen molar-refractivity contribution < 1.29 is 14.7 Å². The van der Waals surface area contributed by atoms with Gasteiger partial charge in [0.25, 0.3) is 0 Å². The lowest BCUT2D eigenvalue weighted by Gasteiger charge is -1.77. The van der Waals surface area contributed by atoms with Gasteiger partial charge in [-0.3, -0.25) is 4.79 Å². The monoisotopic (exact) mass is 100 g/mol. The van der Waals surface area contributed by atoms with Crippen molar-refractivity contribution in [2.24, 2.45) is 0 Å². The first kappa shape index (κ1) is 5.92. The van der Waals surface area contributed by atoms with Crippen LogP contribution in [0, 0.1) is 0 Å². The van der Waals surface area contributed by atoms with Crippen LogP contribution in [0.15, 0.2) is 5.76 Å². The molecule has 0 aromatic rings. The topological polar surface area (TPSA) is 54.4 Å². The first-order chi connectivity index (χ1) is 3.18. The van der Waals surface area contributed by atoms with Gasteiger partial charge in [-0.15, -0.1) is 0 Å². The van der Waals surface area contributed by atoms with Crippen molar-refractivity contribution in [2.45, 2.75) is 6.92 Å². The Hall–Kier alpha value is -1.08. The minimum absolute atomic E-state index is 0.657. The second kappa shape index (κ2) is 2.16. The summed E-state index contributed by atoms with van der Waals surface area (Å²) in [5.41, 5.74) is 0. The summed E-state index contributed by atoms with van der Waals surface area (Å²) < 4.78 is 0. The average Bonchev–Trinajstić information content (AvgIpc) is 1.65. The Balaban J connectivity index is 4.10. The van der Waals surface area contributed by atoms with Crippen LogP contribution >= 0.6 is 0 Å². The smallest absolute Gasteiger partial charge is 0.244 e. The van der Waals surface area contributed by atoms with Crippen LogP contribution in [-0.2, 0) is 9.59 Å². The summed E-state index contributed by atoms with van der Waals surface area (Å²) >= 11 is 0. The molecule has 0 saturated heterocycles. The predicted molar refractivity (Wildman–Crippen MR) is 22.5 cm³/mol. The van der Waals surface area contributed by atoms with Crippen LogP contribution < -0.4 is 0 Å². The fraction of sp³-hybridized carbons (Fsp3) is 0.250. The second-order valence-corrected chi connectivity index (χ2v) is 1.01. The first-order valence-corrected chi connectivity index (χ1v) is 1.63. The highest BCUT2D eigenvalue weighted by Crippen LogP contribution is 1.77. The molecular formula is C4H4O3. The highest BCUT2D eigenvalue weighted by molar-refractivity contribution is 5.97. The maximum atomic E-state index is 9.83. The zero-order valence-electron chi connectivity index (χ0n) is 3.76. The number of Topliss-reactive ketones (excluding diaryl/α,β-unsaturated/α-hetero) is 1. The van der Waals surface area contributed by atoms with Crippen LogP contribution in [0.5, 0.6) is 0 Å². The lowest BCUT2D eigenvalue weighted by Crippen LogP contribution is -1.93. The molecule has 0 fully saturated rings. The van der Waals surface area contributed by atoms with Gasteiger partial charge < -0.3 is 5.11 Å². The van der Waals surface area contributed by atoms with Crippen molar-refractivity contribution >= 4 is 11.7 Å². The minimum atomic E-state index is -0.847. The lowest BCUT2D eigenvalue weighted by molar-refractivity contribution is -0.115. The number of hydrogen-bond acceptors (Lipinski definition) is 3. The average molecular weight is 100 g/mol. The fourth-order valence-electron chi connectivity index (χ4n) is 0.0719. The van der Waals surface area contributed by atoms with Gasteiger partial charge in [0.05, 0.1) is 0 Å². The summed E-state index contributed by atoms with van der Waals surface area (Å²) in [5.74, 6) is -0.468. The van der Waals surface area contributed by atoms with Crippen molar-refractivity contribution in [1.82, 2.24) is 0 Å². The summed E-state index contributed by atoms with van der Waals surface area (Å²) in [6.07, 6.45) is 0. The lowest BCUT2D eigenvalue weighted by atomic mass is 10.4. The van der Waals surface area contributed by atoms with Gasteiger partial charge in [-0.25, -0.2) is 4.79 Å². The SMILES string of the molecule is CC(=O)C(O)=C=O. The number of rotatable bonds is 1. The third-order valence-electron chi connectivity index (χ3n) is 0.430. The fourth-order valence-corrected chi connectivity index (χ4v) is 0.0719.